The lowest BCUT2D eigenvalue weighted by Gasteiger charge is -2.38. The van der Waals surface area contributed by atoms with Gasteiger partial charge in [-0.1, -0.05) is 36.4 Å². The first-order valence-corrected chi connectivity index (χ1v) is 13.6. The first-order valence-electron chi connectivity index (χ1n) is 11.9. The summed E-state index contributed by atoms with van der Waals surface area (Å²) in [6, 6.07) is 14.9. The van der Waals surface area contributed by atoms with E-state index in [2.05, 4.69) is 56.2 Å². The molecular weight excluding hydrogens is 462 g/mol. The Morgan fingerprint density at radius 3 is 2.53 bits per heavy atom. The highest BCUT2D eigenvalue weighted by Crippen LogP contribution is 2.40. The number of nitrogens with one attached hydrogen (secondary N) is 1. The third-order valence-corrected chi connectivity index (χ3v) is 8.44. The summed E-state index contributed by atoms with van der Waals surface area (Å²) in [7, 11) is 0. The predicted octanol–water partition coefficient (Wildman–Crippen LogP) is 4.88. The first-order chi connectivity index (χ1) is 16.7. The lowest BCUT2D eigenvalue weighted by molar-refractivity contribution is -0.126. The number of hydrogen-bond donors (Lipinski definition) is 1. The monoisotopic (exact) mass is 489 g/mol. The second-order valence-electron chi connectivity index (χ2n) is 9.03. The fourth-order valence-corrected chi connectivity index (χ4v) is 6.13. The molecule has 1 amide bonds. The van der Waals surface area contributed by atoms with E-state index in [-0.39, 0.29) is 11.9 Å². The van der Waals surface area contributed by atoms with E-state index in [9.17, 15) is 4.79 Å². The van der Waals surface area contributed by atoms with E-state index >= 15 is 0 Å². The van der Waals surface area contributed by atoms with Gasteiger partial charge in [0.25, 0.3) is 0 Å². The Labute approximate surface area is 207 Å². The molecule has 2 fully saturated rings. The maximum Gasteiger partial charge on any atom is 0.237 e. The summed E-state index contributed by atoms with van der Waals surface area (Å²) in [4.78, 5) is 29.4. The normalized spacial score (nSPS) is 17.7. The number of piperazine rings is 1. The summed E-state index contributed by atoms with van der Waals surface area (Å²) >= 11 is 3.35. The Kier molecular flexibility index (Phi) is 5.80. The molecular formula is C26H27N5OS2. The molecule has 1 aliphatic heterocycles. The molecule has 1 saturated heterocycles. The van der Waals surface area contributed by atoms with Crippen molar-refractivity contribution in [3.05, 3.63) is 53.2 Å². The molecule has 2 aliphatic rings. The van der Waals surface area contributed by atoms with Crippen LogP contribution >= 0.6 is 22.7 Å². The number of fused-ring (bicyclic) bond motifs is 1. The minimum Gasteiger partial charge on any atom is -0.353 e. The van der Waals surface area contributed by atoms with Crippen LogP contribution in [0.3, 0.4) is 0 Å². The second kappa shape index (κ2) is 9.09. The number of carbonyl (C=O) groups is 1. The SMILES string of the molecule is CC(C(=O)NC1CC1)N1CCN(c2nc(-c3cccs3)nc3scc(-c4ccccc4)c23)CC1. The second-order valence-corrected chi connectivity index (χ2v) is 10.8. The summed E-state index contributed by atoms with van der Waals surface area (Å²) in [5, 5.41) is 8.55. The minimum absolute atomic E-state index is 0.101. The molecule has 1 N–H and O–H groups in total. The van der Waals surface area contributed by atoms with Gasteiger partial charge >= 0.3 is 0 Å². The van der Waals surface area contributed by atoms with Gasteiger partial charge in [0, 0.05) is 43.2 Å². The van der Waals surface area contributed by atoms with Gasteiger partial charge in [-0.05, 0) is 36.8 Å². The summed E-state index contributed by atoms with van der Waals surface area (Å²) in [6.07, 6.45) is 2.24. The Bertz CT molecular complexity index is 1290. The zero-order valence-electron chi connectivity index (χ0n) is 19.1. The third-order valence-electron chi connectivity index (χ3n) is 6.71. The van der Waals surface area contributed by atoms with Gasteiger partial charge in [0.2, 0.25) is 5.91 Å². The van der Waals surface area contributed by atoms with Crippen LogP contribution in [0.4, 0.5) is 5.82 Å². The van der Waals surface area contributed by atoms with E-state index in [1.54, 1.807) is 22.7 Å². The Morgan fingerprint density at radius 1 is 1.03 bits per heavy atom. The van der Waals surface area contributed by atoms with Crippen LogP contribution in [0.2, 0.25) is 0 Å². The van der Waals surface area contributed by atoms with Gasteiger partial charge in [-0.3, -0.25) is 9.69 Å². The minimum atomic E-state index is -0.101. The number of hydrogen-bond acceptors (Lipinski definition) is 7. The molecule has 6 rings (SSSR count). The standard InChI is InChI=1S/C26H27N5OS2/c1-17(25(32)27-19-9-10-19)30-11-13-31(14-12-30)24-22-20(18-6-3-2-4-7-18)16-34-26(22)29-23(28-24)21-8-5-15-33-21/h2-8,15-17,19H,9-14H2,1H3,(H,27,32). The van der Waals surface area contributed by atoms with Gasteiger partial charge in [0.15, 0.2) is 5.82 Å². The van der Waals surface area contributed by atoms with Gasteiger partial charge in [-0.2, -0.15) is 0 Å². The van der Waals surface area contributed by atoms with Crippen molar-refractivity contribution in [3.63, 3.8) is 0 Å². The van der Waals surface area contributed by atoms with Crippen molar-refractivity contribution in [1.82, 2.24) is 20.2 Å². The van der Waals surface area contributed by atoms with Gasteiger partial charge in [-0.15, -0.1) is 22.7 Å². The van der Waals surface area contributed by atoms with Crippen LogP contribution in [-0.4, -0.2) is 59.0 Å². The topological polar surface area (TPSA) is 61.4 Å². The highest BCUT2D eigenvalue weighted by Gasteiger charge is 2.31. The quantitative estimate of drug-likeness (QED) is 0.418. The summed E-state index contributed by atoms with van der Waals surface area (Å²) < 4.78 is 0. The molecule has 6 nitrogen and oxygen atoms in total. The number of rotatable bonds is 6. The van der Waals surface area contributed by atoms with E-state index in [0.29, 0.717) is 6.04 Å². The predicted molar refractivity (Wildman–Crippen MR) is 141 cm³/mol. The van der Waals surface area contributed by atoms with Crippen LogP contribution in [-0.2, 0) is 4.79 Å². The maximum absolute atomic E-state index is 12.6. The molecule has 1 aliphatic carbocycles. The summed E-state index contributed by atoms with van der Waals surface area (Å²) in [6.45, 7) is 5.37. The van der Waals surface area contributed by atoms with Crippen LogP contribution in [0.15, 0.2) is 53.2 Å². The van der Waals surface area contributed by atoms with Crippen molar-refractivity contribution in [2.24, 2.45) is 0 Å². The number of amides is 1. The number of nitrogens with zero attached hydrogens (tertiary/aromatic N) is 4. The molecule has 0 radical (unpaired) electrons. The number of anilines is 1. The number of aromatic nitrogens is 2. The molecule has 4 heterocycles. The molecule has 1 aromatic carbocycles. The Balaban J connectivity index is 1.32. The van der Waals surface area contributed by atoms with E-state index < -0.39 is 0 Å². The molecule has 34 heavy (non-hydrogen) atoms. The zero-order chi connectivity index (χ0) is 23.1. The summed E-state index contributed by atoms with van der Waals surface area (Å²) in [5.41, 5.74) is 2.37. The number of thiophene rings is 2. The van der Waals surface area contributed by atoms with E-state index in [1.807, 2.05) is 19.1 Å². The molecule has 0 spiro atoms. The smallest absolute Gasteiger partial charge is 0.237 e. The first kappa shape index (κ1) is 21.7. The van der Waals surface area contributed by atoms with Crippen molar-refractivity contribution in [2.45, 2.75) is 31.8 Å². The van der Waals surface area contributed by atoms with Crippen LogP contribution < -0.4 is 10.2 Å². The van der Waals surface area contributed by atoms with Crippen LogP contribution in [0, 0.1) is 0 Å². The molecule has 1 atom stereocenters. The van der Waals surface area contributed by atoms with E-state index in [1.165, 1.54) is 11.1 Å². The molecule has 174 valence electrons. The Morgan fingerprint density at radius 2 is 1.82 bits per heavy atom. The zero-order valence-corrected chi connectivity index (χ0v) is 20.7. The Hall–Kier alpha value is -2.81. The van der Waals surface area contributed by atoms with Crippen molar-refractivity contribution >= 4 is 44.6 Å². The molecule has 1 unspecified atom stereocenters. The molecule has 1 saturated carbocycles. The largest absolute Gasteiger partial charge is 0.353 e. The lowest BCUT2D eigenvalue weighted by atomic mass is 10.1. The van der Waals surface area contributed by atoms with Crippen molar-refractivity contribution in [2.75, 3.05) is 31.1 Å². The summed E-state index contributed by atoms with van der Waals surface area (Å²) in [5.74, 6) is 1.95. The third kappa shape index (κ3) is 4.21. The average Bonchev–Trinajstić information content (AvgIpc) is 3.34. The van der Waals surface area contributed by atoms with Gasteiger partial charge < -0.3 is 10.2 Å². The van der Waals surface area contributed by atoms with Crippen molar-refractivity contribution < 1.29 is 4.79 Å². The number of benzene rings is 1. The maximum atomic E-state index is 12.6. The fourth-order valence-electron chi connectivity index (χ4n) is 4.53. The highest BCUT2D eigenvalue weighted by atomic mass is 32.1. The fraction of sp³-hybridized carbons (Fsp3) is 0.346. The highest BCUT2D eigenvalue weighted by molar-refractivity contribution is 7.17. The lowest BCUT2D eigenvalue weighted by Crippen LogP contribution is -2.54. The van der Waals surface area contributed by atoms with Gasteiger partial charge in [0.05, 0.1) is 16.3 Å². The van der Waals surface area contributed by atoms with Crippen LogP contribution in [0.25, 0.3) is 32.0 Å². The molecule has 0 bridgehead atoms. The van der Waals surface area contributed by atoms with Crippen LogP contribution in [0.1, 0.15) is 19.8 Å². The molecule has 3 aromatic heterocycles. The number of carbonyl (C=O) groups excluding carboxylic acids is 1. The van der Waals surface area contributed by atoms with Gasteiger partial charge in [0.1, 0.15) is 10.6 Å². The molecule has 4 aromatic rings. The molecule has 8 heteroatoms. The van der Waals surface area contributed by atoms with Gasteiger partial charge in [-0.25, -0.2) is 9.97 Å². The average molecular weight is 490 g/mol. The van der Waals surface area contributed by atoms with Crippen LogP contribution in [0.5, 0.6) is 0 Å². The van der Waals surface area contributed by atoms with E-state index in [0.717, 1.165) is 65.8 Å². The van der Waals surface area contributed by atoms with Crippen molar-refractivity contribution in [3.8, 4) is 21.8 Å². The van der Waals surface area contributed by atoms with E-state index in [4.69, 9.17) is 9.97 Å². The van der Waals surface area contributed by atoms with Crippen molar-refractivity contribution in [1.29, 1.82) is 0 Å².